The molecule has 1 aliphatic carbocycles. The summed E-state index contributed by atoms with van der Waals surface area (Å²) in [5, 5.41) is 10.5. The summed E-state index contributed by atoms with van der Waals surface area (Å²) in [6.45, 7) is 2.06. The zero-order valence-electron chi connectivity index (χ0n) is 14.5. The molecule has 1 aliphatic rings. The number of hydrogen-bond donors (Lipinski definition) is 1. The summed E-state index contributed by atoms with van der Waals surface area (Å²) in [7, 11) is 1.52. The molecule has 0 saturated carbocycles. The van der Waals surface area contributed by atoms with Crippen LogP contribution in [-0.2, 0) is 4.79 Å². The van der Waals surface area contributed by atoms with Gasteiger partial charge in [-0.25, -0.2) is 0 Å². The van der Waals surface area contributed by atoms with Crippen molar-refractivity contribution in [3.8, 4) is 11.5 Å². The Labute approximate surface area is 148 Å². The second-order valence-electron chi connectivity index (χ2n) is 6.34. The van der Waals surface area contributed by atoms with Gasteiger partial charge in [0.2, 0.25) is 0 Å². The predicted molar refractivity (Wildman–Crippen MR) is 101 cm³/mol. The SMILES string of the molecule is COc1cc(/C=C/c2ccc(C)cc2)cc(C2CCC=CC2=O)c1O. The molecule has 3 rings (SSSR count). The largest absolute Gasteiger partial charge is 0.504 e. The van der Waals surface area contributed by atoms with Crippen LogP contribution in [0.25, 0.3) is 12.2 Å². The van der Waals surface area contributed by atoms with Gasteiger partial charge in [-0.3, -0.25) is 4.79 Å². The maximum absolute atomic E-state index is 12.2. The molecule has 0 bridgehead atoms. The van der Waals surface area contributed by atoms with Crippen molar-refractivity contribution < 1.29 is 14.6 Å². The first-order chi connectivity index (χ1) is 12.1. The molecule has 25 heavy (non-hydrogen) atoms. The number of allylic oxidation sites excluding steroid dienone is 2. The number of phenols is 1. The van der Waals surface area contributed by atoms with E-state index in [-0.39, 0.29) is 17.5 Å². The van der Waals surface area contributed by atoms with Crippen LogP contribution >= 0.6 is 0 Å². The van der Waals surface area contributed by atoms with E-state index in [1.807, 2.05) is 24.3 Å². The Kier molecular flexibility index (Phi) is 5.03. The maximum atomic E-state index is 12.2. The minimum Gasteiger partial charge on any atom is -0.504 e. The highest BCUT2D eigenvalue weighted by Gasteiger charge is 2.25. The van der Waals surface area contributed by atoms with Crippen LogP contribution in [0, 0.1) is 6.92 Å². The normalized spacial score (nSPS) is 17.2. The van der Waals surface area contributed by atoms with E-state index in [9.17, 15) is 9.90 Å². The molecule has 0 aromatic heterocycles. The first-order valence-corrected chi connectivity index (χ1v) is 8.44. The Hall–Kier alpha value is -2.81. The van der Waals surface area contributed by atoms with E-state index in [2.05, 4.69) is 31.2 Å². The number of hydrogen-bond acceptors (Lipinski definition) is 3. The molecular weight excluding hydrogens is 312 g/mol. The Balaban J connectivity index is 1.97. The van der Waals surface area contributed by atoms with Crippen LogP contribution in [0.2, 0.25) is 0 Å². The number of phenolic OH excluding ortho intramolecular Hbond substituents is 1. The lowest BCUT2D eigenvalue weighted by Gasteiger charge is -2.20. The van der Waals surface area contributed by atoms with Gasteiger partial charge in [-0.15, -0.1) is 0 Å². The summed E-state index contributed by atoms with van der Waals surface area (Å²) in [5.41, 5.74) is 3.84. The van der Waals surface area contributed by atoms with Gasteiger partial charge in [0.25, 0.3) is 0 Å². The summed E-state index contributed by atoms with van der Waals surface area (Å²) in [4.78, 5) is 12.2. The van der Waals surface area contributed by atoms with Gasteiger partial charge in [0.1, 0.15) is 0 Å². The van der Waals surface area contributed by atoms with E-state index in [4.69, 9.17) is 4.74 Å². The van der Waals surface area contributed by atoms with Crippen molar-refractivity contribution in [1.29, 1.82) is 0 Å². The van der Waals surface area contributed by atoms with Gasteiger partial charge in [0.05, 0.1) is 13.0 Å². The standard InChI is InChI=1S/C22H22O3/c1-15-7-9-16(10-8-15)11-12-17-13-19(22(24)21(14-17)25-2)18-5-3-4-6-20(18)23/h4,6-14,18,24H,3,5H2,1-2H3/b12-11+. The third kappa shape index (κ3) is 3.82. The van der Waals surface area contributed by atoms with Gasteiger partial charge in [0, 0.05) is 5.56 Å². The fourth-order valence-corrected chi connectivity index (χ4v) is 3.07. The molecule has 1 atom stereocenters. The molecule has 0 spiro atoms. The monoisotopic (exact) mass is 334 g/mol. The molecule has 0 amide bonds. The van der Waals surface area contributed by atoms with E-state index < -0.39 is 0 Å². The molecule has 2 aromatic rings. The second-order valence-corrected chi connectivity index (χ2v) is 6.34. The average Bonchev–Trinajstić information content (AvgIpc) is 2.63. The Morgan fingerprint density at radius 2 is 1.84 bits per heavy atom. The minimum absolute atomic E-state index is 0.0308. The average molecular weight is 334 g/mol. The number of carbonyl (C=O) groups is 1. The minimum atomic E-state index is -0.313. The quantitative estimate of drug-likeness (QED) is 0.810. The fourth-order valence-electron chi connectivity index (χ4n) is 3.07. The summed E-state index contributed by atoms with van der Waals surface area (Å²) in [5.74, 6) is 0.168. The first-order valence-electron chi connectivity index (χ1n) is 8.44. The highest BCUT2D eigenvalue weighted by molar-refractivity contribution is 5.97. The second kappa shape index (κ2) is 7.39. The van der Waals surface area contributed by atoms with E-state index in [1.54, 1.807) is 12.1 Å². The Morgan fingerprint density at radius 1 is 1.12 bits per heavy atom. The van der Waals surface area contributed by atoms with Crippen molar-refractivity contribution in [2.75, 3.05) is 7.11 Å². The zero-order valence-corrected chi connectivity index (χ0v) is 14.5. The number of aromatic hydroxyl groups is 1. The van der Waals surface area contributed by atoms with Crippen LogP contribution in [0.15, 0.2) is 48.6 Å². The third-order valence-electron chi connectivity index (χ3n) is 4.52. The molecule has 0 heterocycles. The molecule has 0 fully saturated rings. The number of ether oxygens (including phenoxy) is 1. The molecule has 2 aromatic carbocycles. The van der Waals surface area contributed by atoms with Crippen LogP contribution < -0.4 is 4.74 Å². The van der Waals surface area contributed by atoms with Gasteiger partial charge in [0.15, 0.2) is 17.3 Å². The fraction of sp³-hybridized carbons (Fsp3) is 0.227. The summed E-state index contributed by atoms with van der Waals surface area (Å²) < 4.78 is 5.31. The lowest BCUT2D eigenvalue weighted by Crippen LogP contribution is -2.13. The van der Waals surface area contributed by atoms with Gasteiger partial charge in [-0.05, 0) is 49.1 Å². The maximum Gasteiger partial charge on any atom is 0.162 e. The molecule has 3 nitrogen and oxygen atoms in total. The van der Waals surface area contributed by atoms with Crippen LogP contribution in [0.3, 0.4) is 0 Å². The Bertz CT molecular complexity index is 829. The third-order valence-corrected chi connectivity index (χ3v) is 4.52. The molecule has 3 heteroatoms. The van der Waals surface area contributed by atoms with E-state index >= 15 is 0 Å². The topological polar surface area (TPSA) is 46.5 Å². The van der Waals surface area contributed by atoms with Gasteiger partial charge in [-0.1, -0.05) is 48.1 Å². The summed E-state index contributed by atoms with van der Waals surface area (Å²) in [6.07, 6.45) is 9.01. The molecule has 1 N–H and O–H groups in total. The highest BCUT2D eigenvalue weighted by atomic mass is 16.5. The van der Waals surface area contributed by atoms with Crippen molar-refractivity contribution >= 4 is 17.9 Å². The number of aryl methyl sites for hydroxylation is 1. The summed E-state index contributed by atoms with van der Waals surface area (Å²) >= 11 is 0. The number of carbonyl (C=O) groups excluding carboxylic acids is 1. The van der Waals surface area contributed by atoms with Gasteiger partial charge >= 0.3 is 0 Å². The van der Waals surface area contributed by atoms with Gasteiger partial charge in [-0.2, -0.15) is 0 Å². The Morgan fingerprint density at radius 3 is 2.52 bits per heavy atom. The molecule has 0 saturated heterocycles. The smallest absolute Gasteiger partial charge is 0.162 e. The van der Waals surface area contributed by atoms with Gasteiger partial charge < -0.3 is 9.84 Å². The lowest BCUT2D eigenvalue weighted by atomic mass is 9.85. The van der Waals surface area contributed by atoms with Crippen molar-refractivity contribution in [2.45, 2.75) is 25.7 Å². The summed E-state index contributed by atoms with van der Waals surface area (Å²) in [6, 6.07) is 11.9. The van der Waals surface area contributed by atoms with Crippen molar-refractivity contribution in [3.05, 3.63) is 70.8 Å². The number of benzene rings is 2. The highest BCUT2D eigenvalue weighted by Crippen LogP contribution is 2.39. The van der Waals surface area contributed by atoms with E-state index in [0.29, 0.717) is 17.7 Å². The van der Waals surface area contributed by atoms with E-state index in [0.717, 1.165) is 17.5 Å². The number of methoxy groups -OCH3 is 1. The van der Waals surface area contributed by atoms with Crippen molar-refractivity contribution in [3.63, 3.8) is 0 Å². The molecule has 0 radical (unpaired) electrons. The van der Waals surface area contributed by atoms with Crippen LogP contribution in [0.5, 0.6) is 11.5 Å². The predicted octanol–water partition coefficient (Wildman–Crippen LogP) is 4.88. The van der Waals surface area contributed by atoms with Crippen molar-refractivity contribution in [2.24, 2.45) is 0 Å². The van der Waals surface area contributed by atoms with Crippen LogP contribution in [0.1, 0.15) is 41.0 Å². The number of ketones is 1. The number of rotatable bonds is 4. The van der Waals surface area contributed by atoms with Crippen molar-refractivity contribution in [1.82, 2.24) is 0 Å². The first kappa shape index (κ1) is 17.0. The van der Waals surface area contributed by atoms with Crippen LogP contribution in [-0.4, -0.2) is 18.0 Å². The van der Waals surface area contributed by atoms with Crippen LogP contribution in [0.4, 0.5) is 0 Å². The molecular formula is C22H22O3. The molecule has 128 valence electrons. The molecule has 1 unspecified atom stereocenters. The van der Waals surface area contributed by atoms with E-state index in [1.165, 1.54) is 12.7 Å². The zero-order chi connectivity index (χ0) is 17.8. The lowest BCUT2D eigenvalue weighted by molar-refractivity contribution is -0.116. The molecule has 0 aliphatic heterocycles.